The van der Waals surface area contributed by atoms with E-state index in [1.54, 1.807) is 0 Å². The van der Waals surface area contributed by atoms with Crippen LogP contribution >= 0.6 is 24.8 Å². The number of halogens is 2. The molecular weight excluding hydrogens is 345 g/mol. The van der Waals surface area contributed by atoms with Gasteiger partial charge >= 0.3 is 0 Å². The van der Waals surface area contributed by atoms with Gasteiger partial charge in [0.05, 0.1) is 11.4 Å². The third-order valence-corrected chi connectivity index (χ3v) is 3.46. The van der Waals surface area contributed by atoms with Crippen LogP contribution in [0, 0.1) is 0 Å². The van der Waals surface area contributed by atoms with E-state index in [2.05, 4.69) is 22.3 Å². The summed E-state index contributed by atoms with van der Waals surface area (Å²) in [4.78, 5) is 14.1. The number of para-hydroxylation sites is 2. The van der Waals surface area contributed by atoms with E-state index < -0.39 is 0 Å². The number of carbonyl (C=O) groups is 1. The molecule has 3 N–H and O–H groups in total. The van der Waals surface area contributed by atoms with E-state index in [-0.39, 0.29) is 30.7 Å². The predicted molar refractivity (Wildman–Crippen MR) is 106 cm³/mol. The molecule has 0 aliphatic rings. The zero-order valence-corrected chi connectivity index (χ0v) is 15.4. The predicted octanol–water partition coefficient (Wildman–Crippen LogP) is 3.84. The summed E-state index contributed by atoms with van der Waals surface area (Å²) in [7, 11) is 2.03. The number of benzene rings is 2. The Kier molecular flexibility index (Phi) is 10.9. The summed E-state index contributed by atoms with van der Waals surface area (Å²) in [6, 6.07) is 18.1. The Balaban J connectivity index is 0.00000264. The number of nitrogens with zero attached hydrogens (tertiary/aromatic N) is 1. The van der Waals surface area contributed by atoms with Crippen LogP contribution in [0.15, 0.2) is 54.6 Å². The third kappa shape index (κ3) is 6.79. The lowest BCUT2D eigenvalue weighted by molar-refractivity contribution is -0.116. The highest BCUT2D eigenvalue weighted by Gasteiger charge is 2.10. The van der Waals surface area contributed by atoms with Gasteiger partial charge in [-0.05, 0) is 30.7 Å². The van der Waals surface area contributed by atoms with Gasteiger partial charge in [-0.1, -0.05) is 42.5 Å². The Morgan fingerprint density at radius 1 is 1.04 bits per heavy atom. The second-order valence-corrected chi connectivity index (χ2v) is 5.30. The van der Waals surface area contributed by atoms with E-state index in [9.17, 15) is 4.79 Å². The summed E-state index contributed by atoms with van der Waals surface area (Å²) in [6.07, 6.45) is 1.15. The maximum Gasteiger partial charge on any atom is 0.224 e. The first kappa shape index (κ1) is 22.2. The summed E-state index contributed by atoms with van der Waals surface area (Å²) >= 11 is 0. The smallest absolute Gasteiger partial charge is 0.224 e. The Morgan fingerprint density at radius 2 is 1.67 bits per heavy atom. The summed E-state index contributed by atoms with van der Waals surface area (Å²) in [5, 5.41) is 2.98. The number of hydrogen-bond donors (Lipinski definition) is 2. The minimum atomic E-state index is 0. The minimum Gasteiger partial charge on any atom is -0.369 e. The first-order chi connectivity index (χ1) is 10.7. The van der Waals surface area contributed by atoms with Crippen LogP contribution in [0.25, 0.3) is 0 Å². The fraction of sp³-hybridized carbons (Fsp3) is 0.278. The summed E-state index contributed by atoms with van der Waals surface area (Å²) in [6.45, 7) is 1.32. The Morgan fingerprint density at radius 3 is 2.33 bits per heavy atom. The van der Waals surface area contributed by atoms with Crippen molar-refractivity contribution in [1.29, 1.82) is 0 Å². The summed E-state index contributed by atoms with van der Waals surface area (Å²) < 4.78 is 0. The largest absolute Gasteiger partial charge is 0.369 e. The van der Waals surface area contributed by atoms with E-state index in [1.807, 2.05) is 49.5 Å². The van der Waals surface area contributed by atoms with Gasteiger partial charge in [-0.15, -0.1) is 24.8 Å². The molecule has 2 aromatic carbocycles. The second-order valence-electron chi connectivity index (χ2n) is 5.30. The zero-order valence-electron chi connectivity index (χ0n) is 13.8. The monoisotopic (exact) mass is 369 g/mol. The Labute approximate surface area is 156 Å². The van der Waals surface area contributed by atoms with Crippen molar-refractivity contribution in [3.63, 3.8) is 0 Å². The van der Waals surface area contributed by atoms with Gasteiger partial charge < -0.3 is 16.0 Å². The molecule has 0 bridgehead atoms. The highest BCUT2D eigenvalue weighted by Crippen LogP contribution is 2.26. The normalized spacial score (nSPS) is 9.42. The van der Waals surface area contributed by atoms with Gasteiger partial charge in [0.1, 0.15) is 0 Å². The van der Waals surface area contributed by atoms with Crippen LogP contribution in [0.3, 0.4) is 0 Å². The van der Waals surface area contributed by atoms with Crippen molar-refractivity contribution < 1.29 is 4.79 Å². The van der Waals surface area contributed by atoms with Gasteiger partial charge in [-0.25, -0.2) is 0 Å². The van der Waals surface area contributed by atoms with Gasteiger partial charge in [0.15, 0.2) is 0 Å². The average Bonchev–Trinajstić information content (AvgIpc) is 2.54. The highest BCUT2D eigenvalue weighted by molar-refractivity contribution is 5.94. The molecule has 24 heavy (non-hydrogen) atoms. The first-order valence-electron chi connectivity index (χ1n) is 7.54. The van der Waals surface area contributed by atoms with Crippen molar-refractivity contribution in [3.8, 4) is 0 Å². The van der Waals surface area contributed by atoms with Crippen LogP contribution in [-0.2, 0) is 11.3 Å². The molecule has 0 aliphatic heterocycles. The lowest BCUT2D eigenvalue weighted by atomic mass is 10.2. The van der Waals surface area contributed by atoms with Crippen molar-refractivity contribution in [1.82, 2.24) is 0 Å². The van der Waals surface area contributed by atoms with E-state index in [0.29, 0.717) is 19.4 Å². The molecule has 4 nitrogen and oxygen atoms in total. The third-order valence-electron chi connectivity index (χ3n) is 3.46. The van der Waals surface area contributed by atoms with Crippen LogP contribution in [-0.4, -0.2) is 19.5 Å². The summed E-state index contributed by atoms with van der Waals surface area (Å²) in [5.74, 6) is 0.00557. The standard InChI is InChI=1S/C18H23N3O.2ClH/c1-21(14-15-8-3-2-4-9-15)17-11-6-5-10-16(17)20-18(22)12-7-13-19;;/h2-6,8-11H,7,12-14,19H2,1H3,(H,20,22);2*1H. The molecule has 0 radical (unpaired) electrons. The number of hydrogen-bond acceptors (Lipinski definition) is 3. The molecule has 6 heteroatoms. The molecule has 0 saturated carbocycles. The summed E-state index contributed by atoms with van der Waals surface area (Å²) in [5.41, 5.74) is 8.52. The first-order valence-corrected chi connectivity index (χ1v) is 7.54. The van der Waals surface area contributed by atoms with Gasteiger partial charge in [0, 0.05) is 20.0 Å². The van der Waals surface area contributed by atoms with Gasteiger partial charge in [0.25, 0.3) is 0 Å². The fourth-order valence-corrected chi connectivity index (χ4v) is 2.33. The number of nitrogens with two attached hydrogens (primary N) is 1. The number of amides is 1. The molecule has 0 atom stereocenters. The van der Waals surface area contributed by atoms with Crippen molar-refractivity contribution in [3.05, 3.63) is 60.2 Å². The van der Waals surface area contributed by atoms with Gasteiger partial charge in [-0.3, -0.25) is 4.79 Å². The SMILES string of the molecule is CN(Cc1ccccc1)c1ccccc1NC(=O)CCCN.Cl.Cl. The molecule has 2 rings (SSSR count). The van der Waals surface area contributed by atoms with E-state index in [1.165, 1.54) is 5.56 Å². The van der Waals surface area contributed by atoms with Gasteiger partial charge in [0.2, 0.25) is 5.91 Å². The van der Waals surface area contributed by atoms with Crippen molar-refractivity contribution in [2.24, 2.45) is 5.73 Å². The average molecular weight is 370 g/mol. The van der Waals surface area contributed by atoms with Crippen LogP contribution in [0.4, 0.5) is 11.4 Å². The van der Waals surface area contributed by atoms with Gasteiger partial charge in [-0.2, -0.15) is 0 Å². The molecule has 132 valence electrons. The number of carbonyl (C=O) groups excluding carboxylic acids is 1. The molecule has 0 aliphatic carbocycles. The van der Waals surface area contributed by atoms with Crippen molar-refractivity contribution in [2.75, 3.05) is 23.8 Å². The lowest BCUT2D eigenvalue weighted by Gasteiger charge is -2.22. The van der Waals surface area contributed by atoms with Crippen LogP contribution in [0.1, 0.15) is 18.4 Å². The molecule has 0 heterocycles. The molecule has 0 unspecified atom stereocenters. The number of nitrogens with one attached hydrogen (secondary N) is 1. The Bertz CT molecular complexity index is 608. The number of rotatable bonds is 7. The molecular formula is C18H25Cl2N3O. The maximum atomic E-state index is 11.9. The molecule has 0 aromatic heterocycles. The van der Waals surface area contributed by atoms with Crippen LogP contribution in [0.2, 0.25) is 0 Å². The highest BCUT2D eigenvalue weighted by atomic mass is 35.5. The Hall–Kier alpha value is -1.75. The zero-order chi connectivity index (χ0) is 15.8. The molecule has 2 aromatic rings. The maximum absolute atomic E-state index is 11.9. The lowest BCUT2D eigenvalue weighted by Crippen LogP contribution is -2.20. The van der Waals surface area contributed by atoms with Crippen molar-refractivity contribution in [2.45, 2.75) is 19.4 Å². The van der Waals surface area contributed by atoms with Crippen LogP contribution < -0.4 is 16.0 Å². The number of anilines is 2. The quantitative estimate of drug-likeness (QED) is 0.779. The molecule has 1 amide bonds. The van der Waals surface area contributed by atoms with Crippen LogP contribution in [0.5, 0.6) is 0 Å². The molecule has 0 saturated heterocycles. The fourth-order valence-electron chi connectivity index (χ4n) is 2.33. The van der Waals surface area contributed by atoms with E-state index >= 15 is 0 Å². The second kappa shape index (κ2) is 11.7. The van der Waals surface area contributed by atoms with E-state index in [0.717, 1.165) is 17.9 Å². The topological polar surface area (TPSA) is 58.4 Å². The van der Waals surface area contributed by atoms with Crippen molar-refractivity contribution >= 4 is 42.1 Å². The molecule has 0 fully saturated rings. The minimum absolute atomic E-state index is 0. The van der Waals surface area contributed by atoms with E-state index in [4.69, 9.17) is 5.73 Å². The molecule has 0 spiro atoms.